The van der Waals surface area contributed by atoms with Gasteiger partial charge in [-0.25, -0.2) is 13.6 Å². The number of hydrogen-bond acceptors (Lipinski definition) is 2. The highest BCUT2D eigenvalue weighted by Gasteiger charge is 2.26. The first-order valence-corrected chi connectivity index (χ1v) is 3.96. The molecule has 7 heteroatoms. The van der Waals surface area contributed by atoms with Gasteiger partial charge in [0.05, 0.1) is 0 Å². The van der Waals surface area contributed by atoms with Crippen molar-refractivity contribution in [3.05, 3.63) is 35.4 Å². The van der Waals surface area contributed by atoms with Crippen molar-refractivity contribution in [2.45, 2.75) is 0 Å². The van der Waals surface area contributed by atoms with Crippen LogP contribution in [0.3, 0.4) is 0 Å². The molecule has 80 valence electrons. The van der Waals surface area contributed by atoms with Gasteiger partial charge >= 0.3 is 6.09 Å². The Morgan fingerprint density at radius 1 is 1.27 bits per heavy atom. The third-order valence-electron chi connectivity index (χ3n) is 1.52. The van der Waals surface area contributed by atoms with E-state index in [4.69, 9.17) is 16.9 Å². The molecule has 4 nitrogen and oxygen atoms in total. The van der Waals surface area contributed by atoms with Crippen molar-refractivity contribution in [3.8, 4) is 0 Å². The van der Waals surface area contributed by atoms with Crippen LogP contribution < -0.4 is 0 Å². The van der Waals surface area contributed by atoms with E-state index in [9.17, 15) is 18.4 Å². The van der Waals surface area contributed by atoms with Crippen LogP contribution in [0.4, 0.5) is 13.6 Å². The van der Waals surface area contributed by atoms with Crippen LogP contribution in [0.15, 0.2) is 18.2 Å². The van der Waals surface area contributed by atoms with E-state index in [0.717, 1.165) is 18.2 Å². The molecule has 0 saturated carbocycles. The summed E-state index contributed by atoms with van der Waals surface area (Å²) < 4.78 is 25.7. The maximum Gasteiger partial charge on any atom is 0.429 e. The lowest BCUT2D eigenvalue weighted by atomic mass is 10.2. The number of carbonyl (C=O) groups is 2. The molecule has 0 aliphatic carbocycles. The fourth-order valence-electron chi connectivity index (χ4n) is 0.887. The normalized spacial score (nSPS) is 9.80. The van der Waals surface area contributed by atoms with Crippen LogP contribution in [0, 0.1) is 11.6 Å². The average molecular weight is 236 g/mol. The number of hydrogen-bond donors (Lipinski definition) is 1. The summed E-state index contributed by atoms with van der Waals surface area (Å²) in [6, 6.07) is 2.69. The number of amides is 2. The molecule has 0 heterocycles. The third kappa shape index (κ3) is 2.21. The number of rotatable bonds is 1. The molecule has 0 spiro atoms. The summed E-state index contributed by atoms with van der Waals surface area (Å²) in [5.74, 6) is -3.82. The zero-order valence-electron chi connectivity index (χ0n) is 7.08. The van der Waals surface area contributed by atoms with E-state index in [0.29, 0.717) is 0 Å². The van der Waals surface area contributed by atoms with Gasteiger partial charge in [-0.05, 0) is 12.1 Å². The maximum absolute atomic E-state index is 13.0. The molecule has 0 aromatic heterocycles. The highest BCUT2D eigenvalue weighted by Crippen LogP contribution is 2.15. The predicted octanol–water partition coefficient (Wildman–Crippen LogP) is 2.24. The van der Waals surface area contributed by atoms with Crippen LogP contribution in [-0.2, 0) is 0 Å². The Morgan fingerprint density at radius 3 is 2.13 bits per heavy atom. The Hall–Kier alpha value is -1.69. The summed E-state index contributed by atoms with van der Waals surface area (Å²) >= 11 is 5.00. The molecule has 0 radical (unpaired) electrons. The Morgan fingerprint density at radius 2 is 1.73 bits per heavy atom. The highest BCUT2D eigenvalue weighted by molar-refractivity contribution is 6.31. The van der Waals surface area contributed by atoms with Crippen LogP contribution in [0.1, 0.15) is 10.4 Å². The van der Waals surface area contributed by atoms with Gasteiger partial charge in [-0.2, -0.15) is 0 Å². The Bertz CT molecular complexity index is 404. The third-order valence-corrected chi connectivity index (χ3v) is 1.82. The van der Waals surface area contributed by atoms with Crippen molar-refractivity contribution in [2.75, 3.05) is 0 Å². The molecule has 0 bridgehead atoms. The maximum atomic E-state index is 13.0. The van der Waals surface area contributed by atoms with E-state index < -0.39 is 29.2 Å². The molecule has 0 unspecified atom stereocenters. The summed E-state index contributed by atoms with van der Waals surface area (Å²) in [6.45, 7) is 0. The standard InChI is InChI=1S/C8H4ClF2NO3/c9-12(8(14)15)7(13)6-4(10)2-1-3-5(6)11/h1-3H,(H,14,15). The Kier molecular flexibility index (Phi) is 3.21. The van der Waals surface area contributed by atoms with E-state index >= 15 is 0 Å². The minimum absolute atomic E-state index is 0.318. The lowest BCUT2D eigenvalue weighted by molar-refractivity contribution is 0.0844. The molecule has 0 atom stereocenters. The fourth-order valence-corrected chi connectivity index (χ4v) is 0.972. The Labute approximate surface area is 87.8 Å². The summed E-state index contributed by atoms with van der Waals surface area (Å²) in [5.41, 5.74) is -1.00. The van der Waals surface area contributed by atoms with Crippen molar-refractivity contribution < 1.29 is 23.5 Å². The average Bonchev–Trinajstić information content (AvgIpc) is 2.15. The molecule has 0 fully saturated rings. The zero-order valence-corrected chi connectivity index (χ0v) is 7.83. The minimum atomic E-state index is -1.82. The number of carbonyl (C=O) groups excluding carboxylic acids is 1. The van der Waals surface area contributed by atoms with Crippen LogP contribution in [0.5, 0.6) is 0 Å². The van der Waals surface area contributed by atoms with Crippen LogP contribution in [0.25, 0.3) is 0 Å². The molecular weight excluding hydrogens is 232 g/mol. The highest BCUT2D eigenvalue weighted by atomic mass is 35.5. The van der Waals surface area contributed by atoms with Gasteiger partial charge in [-0.15, -0.1) is 4.42 Å². The van der Waals surface area contributed by atoms with E-state index in [1.54, 1.807) is 0 Å². The molecular formula is C8H4ClF2NO3. The van der Waals surface area contributed by atoms with E-state index in [1.807, 2.05) is 0 Å². The molecule has 0 aliphatic rings. The predicted molar refractivity (Wildman–Crippen MR) is 46.4 cm³/mol. The largest absolute Gasteiger partial charge is 0.464 e. The van der Waals surface area contributed by atoms with Gasteiger partial charge in [0.15, 0.2) is 0 Å². The van der Waals surface area contributed by atoms with E-state index in [2.05, 4.69) is 0 Å². The lowest BCUT2D eigenvalue weighted by Gasteiger charge is -2.08. The summed E-state index contributed by atoms with van der Waals surface area (Å²) in [4.78, 5) is 21.4. The number of imide groups is 1. The zero-order chi connectivity index (χ0) is 11.6. The fraction of sp³-hybridized carbons (Fsp3) is 0. The van der Waals surface area contributed by atoms with Gasteiger partial charge in [-0.1, -0.05) is 6.07 Å². The van der Waals surface area contributed by atoms with Gasteiger partial charge in [-0.3, -0.25) is 4.79 Å². The molecule has 0 saturated heterocycles. The molecule has 1 rings (SSSR count). The molecule has 1 aromatic rings. The number of carboxylic acid groups (broad SMARTS) is 1. The topological polar surface area (TPSA) is 57.6 Å². The SMILES string of the molecule is O=C(O)N(Cl)C(=O)c1c(F)cccc1F. The molecule has 1 N–H and O–H groups in total. The van der Waals surface area contributed by atoms with Crippen molar-refractivity contribution in [2.24, 2.45) is 0 Å². The van der Waals surface area contributed by atoms with E-state index in [-0.39, 0.29) is 4.42 Å². The van der Waals surface area contributed by atoms with Gasteiger partial charge in [0.1, 0.15) is 17.2 Å². The lowest BCUT2D eigenvalue weighted by Crippen LogP contribution is -2.28. The van der Waals surface area contributed by atoms with Crippen LogP contribution in [-0.4, -0.2) is 21.5 Å². The first-order chi connectivity index (χ1) is 6.95. The quantitative estimate of drug-likeness (QED) is 0.760. The van der Waals surface area contributed by atoms with Gasteiger partial charge in [0, 0.05) is 11.8 Å². The van der Waals surface area contributed by atoms with Crippen LogP contribution >= 0.6 is 11.8 Å². The van der Waals surface area contributed by atoms with Crippen molar-refractivity contribution in [3.63, 3.8) is 0 Å². The molecule has 2 amide bonds. The van der Waals surface area contributed by atoms with Crippen molar-refractivity contribution >= 4 is 23.8 Å². The monoisotopic (exact) mass is 235 g/mol. The molecule has 15 heavy (non-hydrogen) atoms. The van der Waals surface area contributed by atoms with Crippen molar-refractivity contribution in [1.29, 1.82) is 0 Å². The first kappa shape index (κ1) is 11.4. The molecule has 0 aliphatic heterocycles. The van der Waals surface area contributed by atoms with E-state index in [1.165, 1.54) is 0 Å². The number of nitrogens with zero attached hydrogens (tertiary/aromatic N) is 1. The Balaban J connectivity index is 3.17. The van der Waals surface area contributed by atoms with Crippen molar-refractivity contribution in [1.82, 2.24) is 4.42 Å². The second-order valence-electron chi connectivity index (χ2n) is 2.47. The van der Waals surface area contributed by atoms with Gasteiger partial charge in [0.25, 0.3) is 5.91 Å². The first-order valence-electron chi connectivity index (χ1n) is 3.62. The summed E-state index contributed by atoms with van der Waals surface area (Å²) in [7, 11) is 0. The van der Waals surface area contributed by atoms with Gasteiger partial charge < -0.3 is 5.11 Å². The van der Waals surface area contributed by atoms with Gasteiger partial charge in [0.2, 0.25) is 0 Å². The smallest absolute Gasteiger partial charge is 0.429 e. The number of halogens is 3. The summed E-state index contributed by atoms with van der Waals surface area (Å²) in [5, 5.41) is 8.32. The molecule has 1 aromatic carbocycles. The second-order valence-corrected chi connectivity index (χ2v) is 2.80. The number of benzene rings is 1. The van der Waals surface area contributed by atoms with Crippen LogP contribution in [0.2, 0.25) is 0 Å². The minimum Gasteiger partial charge on any atom is -0.464 e. The second kappa shape index (κ2) is 4.22. The summed E-state index contributed by atoms with van der Waals surface area (Å²) in [6.07, 6.45) is -1.82.